The van der Waals surface area contributed by atoms with Gasteiger partial charge in [-0.25, -0.2) is 9.78 Å². The van der Waals surface area contributed by atoms with Crippen molar-refractivity contribution in [3.63, 3.8) is 0 Å². The molecule has 3 aliphatic rings. The SMILES string of the molecule is COc1cc(OC)cc(-c2cc(CCCNC(=O)[C@H](Cc3cn(C(c4ccccc4)(c4ccccc4)c4ccccc4)cn3)NC(=O)O)c(/C=C3\SC(=S)N(C4CC5CCC4C5)C3=O)o2)c1. The van der Waals surface area contributed by atoms with E-state index in [2.05, 4.69) is 47.0 Å². The Morgan fingerprint density at radius 1 is 0.924 bits per heavy atom. The standard InChI is InChI=1S/C52H51N5O7S2/c1-62-41-25-36(26-42(29-41)63-2)45-27-35(46(64-45)30-47-49(59)57(51(65)66-47)44-24-33-20-21-34(44)23-33)13-12-22-53-48(58)43(55-50(60)61)28-40-31-56(32-54-40)52(37-14-6-3-7-15-37,38-16-8-4-9-17-38)39-18-10-5-11-19-39/h3-11,14-19,25-27,29-34,43-44,55H,12-13,20-24,28H2,1-2H3,(H,53,58)(H,60,61)/b47-30-/t33?,34?,43-,44?/m0/s1. The molecule has 3 fully saturated rings. The number of carboxylic acid groups (broad SMARTS) is 1. The summed E-state index contributed by atoms with van der Waals surface area (Å²) < 4.78 is 20.2. The summed E-state index contributed by atoms with van der Waals surface area (Å²) in [6, 6.07) is 36.9. The number of methoxy groups -OCH3 is 2. The molecule has 12 nitrogen and oxygen atoms in total. The molecule has 2 saturated carbocycles. The normalized spacial score (nSPS) is 19.0. The highest BCUT2D eigenvalue weighted by Gasteiger charge is 2.48. The van der Waals surface area contributed by atoms with Gasteiger partial charge >= 0.3 is 6.09 Å². The predicted octanol–water partition coefficient (Wildman–Crippen LogP) is 9.32. The van der Waals surface area contributed by atoms with Gasteiger partial charge in [-0.05, 0) is 84.4 Å². The van der Waals surface area contributed by atoms with E-state index in [0.717, 1.165) is 47.1 Å². The second-order valence-corrected chi connectivity index (χ2v) is 18.8. The van der Waals surface area contributed by atoms with Gasteiger partial charge in [-0.2, -0.15) is 0 Å². The predicted molar refractivity (Wildman–Crippen MR) is 258 cm³/mol. The van der Waals surface area contributed by atoms with Gasteiger partial charge in [-0.3, -0.25) is 14.5 Å². The van der Waals surface area contributed by atoms with Gasteiger partial charge in [0.05, 0.1) is 31.1 Å². The number of hydrogen-bond acceptors (Lipinski definition) is 9. The first-order valence-electron chi connectivity index (χ1n) is 22.2. The fraction of sp³-hybridized carbons (Fsp3) is 0.288. The highest BCUT2D eigenvalue weighted by atomic mass is 32.2. The third-order valence-corrected chi connectivity index (χ3v) is 14.5. The molecule has 2 aliphatic carbocycles. The number of thioether (sulfide) groups is 1. The van der Waals surface area contributed by atoms with Crippen molar-refractivity contribution in [1.29, 1.82) is 0 Å². The Hall–Kier alpha value is -6.64. The summed E-state index contributed by atoms with van der Waals surface area (Å²) in [7, 11) is 3.17. The third kappa shape index (κ3) is 8.99. The molecule has 3 heterocycles. The minimum absolute atomic E-state index is 0.0131. The number of carbonyl (C=O) groups is 3. The molecular weight excluding hydrogens is 871 g/mol. The van der Waals surface area contributed by atoms with Crippen LogP contribution < -0.4 is 20.1 Å². The van der Waals surface area contributed by atoms with Crippen molar-refractivity contribution in [2.75, 3.05) is 20.8 Å². The zero-order valence-electron chi connectivity index (χ0n) is 36.7. The summed E-state index contributed by atoms with van der Waals surface area (Å²) in [4.78, 5) is 47.0. The van der Waals surface area contributed by atoms with Crippen LogP contribution in [0.1, 0.15) is 65.8 Å². The molecule has 2 aromatic heterocycles. The molecule has 3 unspecified atom stereocenters. The topological polar surface area (TPSA) is 148 Å². The maximum absolute atomic E-state index is 14.0. The molecule has 14 heteroatoms. The van der Waals surface area contributed by atoms with Crippen molar-refractivity contribution in [2.24, 2.45) is 11.8 Å². The van der Waals surface area contributed by atoms with Crippen LogP contribution in [0.3, 0.4) is 0 Å². The quantitative estimate of drug-likeness (QED) is 0.0350. The number of amides is 3. The lowest BCUT2D eigenvalue weighted by Crippen LogP contribution is -2.48. The van der Waals surface area contributed by atoms with E-state index in [1.807, 2.05) is 88.5 Å². The van der Waals surface area contributed by atoms with Gasteiger partial charge in [-0.15, -0.1) is 0 Å². The van der Waals surface area contributed by atoms with E-state index in [9.17, 15) is 19.5 Å². The van der Waals surface area contributed by atoms with Crippen molar-refractivity contribution in [2.45, 2.75) is 62.6 Å². The van der Waals surface area contributed by atoms with Crippen molar-refractivity contribution in [3.8, 4) is 22.8 Å². The smallest absolute Gasteiger partial charge is 0.405 e. The van der Waals surface area contributed by atoms with Gasteiger partial charge in [0, 0.05) is 42.9 Å². The zero-order valence-corrected chi connectivity index (χ0v) is 38.4. The van der Waals surface area contributed by atoms with Gasteiger partial charge in [0.15, 0.2) is 0 Å². The molecule has 0 spiro atoms. The minimum atomic E-state index is -1.32. The summed E-state index contributed by atoms with van der Waals surface area (Å²) in [5.74, 6) is 2.85. The number of hydrogen-bond donors (Lipinski definition) is 3. The minimum Gasteiger partial charge on any atom is -0.497 e. The second-order valence-electron chi connectivity index (χ2n) is 17.1. The van der Waals surface area contributed by atoms with E-state index in [1.165, 1.54) is 18.2 Å². The fourth-order valence-electron chi connectivity index (χ4n) is 10.1. The summed E-state index contributed by atoms with van der Waals surface area (Å²) in [5, 5.41) is 15.3. The maximum atomic E-state index is 14.0. The number of aryl methyl sites for hydroxylation is 1. The van der Waals surface area contributed by atoms with Gasteiger partial charge in [-0.1, -0.05) is 121 Å². The van der Waals surface area contributed by atoms with E-state index < -0.39 is 23.6 Å². The number of fused-ring (bicyclic) bond motifs is 2. The molecule has 9 rings (SSSR count). The first kappa shape index (κ1) is 44.6. The lowest BCUT2D eigenvalue weighted by Gasteiger charge is -2.37. The van der Waals surface area contributed by atoms with E-state index in [4.69, 9.17) is 31.1 Å². The summed E-state index contributed by atoms with van der Waals surface area (Å²) >= 11 is 7.10. The molecule has 4 atom stereocenters. The van der Waals surface area contributed by atoms with Crippen LogP contribution in [-0.4, -0.2) is 74.6 Å². The number of ether oxygens (including phenoxy) is 2. The first-order chi connectivity index (χ1) is 32.1. The lowest BCUT2D eigenvalue weighted by atomic mass is 9.77. The van der Waals surface area contributed by atoms with Crippen molar-refractivity contribution in [1.82, 2.24) is 25.1 Å². The Kier molecular flexibility index (Phi) is 13.1. The Morgan fingerprint density at radius 2 is 1.56 bits per heavy atom. The van der Waals surface area contributed by atoms with Crippen LogP contribution >= 0.6 is 24.0 Å². The van der Waals surface area contributed by atoms with E-state index in [0.29, 0.717) is 62.6 Å². The summed E-state index contributed by atoms with van der Waals surface area (Å²) in [6.45, 7) is 0.240. The van der Waals surface area contributed by atoms with Gasteiger partial charge < -0.3 is 34.2 Å². The highest BCUT2D eigenvalue weighted by Crippen LogP contribution is 2.50. The van der Waals surface area contributed by atoms with Crippen LogP contribution in [0.4, 0.5) is 4.79 Å². The molecule has 338 valence electrons. The van der Waals surface area contributed by atoms with E-state index in [-0.39, 0.29) is 24.9 Å². The number of aromatic nitrogens is 2. The molecule has 3 amide bonds. The van der Waals surface area contributed by atoms with Crippen LogP contribution in [0, 0.1) is 11.8 Å². The van der Waals surface area contributed by atoms with Gasteiger partial charge in [0.25, 0.3) is 5.91 Å². The Balaban J connectivity index is 0.937. The first-order valence-corrected chi connectivity index (χ1v) is 23.5. The van der Waals surface area contributed by atoms with Crippen LogP contribution in [0.15, 0.2) is 137 Å². The Morgan fingerprint density at radius 3 is 2.12 bits per heavy atom. The maximum Gasteiger partial charge on any atom is 0.405 e. The second kappa shape index (κ2) is 19.4. The average Bonchev–Trinajstić information content (AvgIpc) is 4.20. The number of furan rings is 1. The van der Waals surface area contributed by atoms with E-state index >= 15 is 0 Å². The molecule has 3 N–H and O–H groups in total. The molecule has 4 aromatic carbocycles. The van der Waals surface area contributed by atoms with Crippen LogP contribution in [0.25, 0.3) is 17.4 Å². The van der Waals surface area contributed by atoms with Crippen molar-refractivity contribution >= 4 is 52.3 Å². The van der Waals surface area contributed by atoms with Gasteiger partial charge in [0.2, 0.25) is 5.91 Å². The Labute approximate surface area is 393 Å². The van der Waals surface area contributed by atoms with Crippen LogP contribution in [0.2, 0.25) is 0 Å². The van der Waals surface area contributed by atoms with Crippen molar-refractivity contribution < 1.29 is 33.4 Å². The largest absolute Gasteiger partial charge is 0.497 e. The molecule has 1 saturated heterocycles. The molecular formula is C52H51N5O7S2. The number of nitrogens with zero attached hydrogens (tertiary/aromatic N) is 3. The van der Waals surface area contributed by atoms with E-state index in [1.54, 1.807) is 32.7 Å². The summed E-state index contributed by atoms with van der Waals surface area (Å²) in [5.41, 5.74) is 4.29. The van der Waals surface area contributed by atoms with Crippen molar-refractivity contribution in [3.05, 3.63) is 166 Å². The highest BCUT2D eigenvalue weighted by molar-refractivity contribution is 8.26. The summed E-state index contributed by atoms with van der Waals surface area (Å²) in [6.07, 6.45) is 9.58. The zero-order chi connectivity index (χ0) is 45.8. The lowest BCUT2D eigenvalue weighted by molar-refractivity contribution is -0.124. The fourth-order valence-corrected chi connectivity index (χ4v) is 11.4. The Bertz CT molecular complexity index is 2640. The molecule has 6 aromatic rings. The third-order valence-electron chi connectivity index (χ3n) is 13.1. The molecule has 1 aliphatic heterocycles. The molecule has 66 heavy (non-hydrogen) atoms. The average molecular weight is 922 g/mol. The van der Waals surface area contributed by atoms with Crippen LogP contribution in [-0.2, 0) is 28.0 Å². The van der Waals surface area contributed by atoms with Crippen LogP contribution in [0.5, 0.6) is 11.5 Å². The number of imidazole rings is 1. The molecule has 0 radical (unpaired) electrons. The monoisotopic (exact) mass is 921 g/mol. The number of rotatable bonds is 17. The number of carbonyl (C=O) groups excluding carboxylic acids is 2. The number of benzene rings is 4. The van der Waals surface area contributed by atoms with Gasteiger partial charge in [0.1, 0.15) is 38.9 Å². The number of thiocarbonyl (C=S) groups is 1. The molecule has 2 bridgehead atoms. The number of nitrogens with one attached hydrogen (secondary N) is 2.